The molecule has 1 aromatic heterocycles. The smallest absolute Gasteiger partial charge is 0.328 e. The first kappa shape index (κ1) is 10.8. The van der Waals surface area contributed by atoms with Crippen molar-refractivity contribution in [2.45, 2.75) is 6.54 Å². The summed E-state index contributed by atoms with van der Waals surface area (Å²) in [6, 6.07) is 5.38. The molecule has 0 saturated heterocycles. The van der Waals surface area contributed by atoms with Gasteiger partial charge in [-0.2, -0.15) is 0 Å². The third kappa shape index (κ3) is 1.97. The van der Waals surface area contributed by atoms with Gasteiger partial charge in [-0.15, -0.1) is 0 Å². The van der Waals surface area contributed by atoms with Gasteiger partial charge in [-0.05, 0) is 17.7 Å². The second kappa shape index (κ2) is 4.06. The van der Waals surface area contributed by atoms with Crippen molar-refractivity contribution in [1.29, 1.82) is 0 Å². The molecule has 0 saturated carbocycles. The summed E-state index contributed by atoms with van der Waals surface area (Å²) in [5.41, 5.74) is 7.13. The van der Waals surface area contributed by atoms with Crippen molar-refractivity contribution in [1.82, 2.24) is 9.13 Å². The highest BCUT2D eigenvalue weighted by atomic mass is 35.5. The Morgan fingerprint density at radius 1 is 1.38 bits per heavy atom. The second-order valence-electron chi connectivity index (χ2n) is 3.68. The van der Waals surface area contributed by atoms with Crippen LogP contribution < -0.4 is 11.4 Å². The lowest BCUT2D eigenvalue weighted by molar-refractivity contribution is 0.718. The third-order valence-corrected chi connectivity index (χ3v) is 2.78. The molecule has 0 spiro atoms. The molecular formula is C11H12ClN3O. The van der Waals surface area contributed by atoms with Gasteiger partial charge in [-0.25, -0.2) is 4.79 Å². The first-order valence-corrected chi connectivity index (χ1v) is 5.21. The predicted octanol–water partition coefficient (Wildman–Crippen LogP) is 1.47. The van der Waals surface area contributed by atoms with Crippen LogP contribution in [-0.4, -0.2) is 9.13 Å². The van der Waals surface area contributed by atoms with E-state index >= 15 is 0 Å². The largest absolute Gasteiger partial charge is 0.398 e. The van der Waals surface area contributed by atoms with Gasteiger partial charge in [-0.3, -0.25) is 4.57 Å². The first-order valence-electron chi connectivity index (χ1n) is 4.83. The fourth-order valence-electron chi connectivity index (χ4n) is 1.52. The number of imidazole rings is 1. The minimum absolute atomic E-state index is 0.0477. The van der Waals surface area contributed by atoms with Crippen LogP contribution in [0.5, 0.6) is 0 Å². The number of aromatic nitrogens is 2. The molecule has 16 heavy (non-hydrogen) atoms. The molecule has 84 valence electrons. The van der Waals surface area contributed by atoms with E-state index < -0.39 is 0 Å². The lowest BCUT2D eigenvalue weighted by Crippen LogP contribution is -2.22. The highest BCUT2D eigenvalue weighted by Crippen LogP contribution is 2.19. The molecule has 0 aliphatic rings. The highest BCUT2D eigenvalue weighted by molar-refractivity contribution is 6.33. The van der Waals surface area contributed by atoms with Crippen molar-refractivity contribution in [3.63, 3.8) is 0 Å². The van der Waals surface area contributed by atoms with Crippen LogP contribution >= 0.6 is 11.6 Å². The Morgan fingerprint density at radius 3 is 2.69 bits per heavy atom. The summed E-state index contributed by atoms with van der Waals surface area (Å²) < 4.78 is 3.14. The fourth-order valence-corrected chi connectivity index (χ4v) is 1.64. The summed E-state index contributed by atoms with van der Waals surface area (Å²) in [5, 5.41) is 0.532. The van der Waals surface area contributed by atoms with Gasteiger partial charge in [0, 0.05) is 19.4 Å². The summed E-state index contributed by atoms with van der Waals surface area (Å²) in [4.78, 5) is 11.6. The van der Waals surface area contributed by atoms with E-state index in [4.69, 9.17) is 17.3 Å². The van der Waals surface area contributed by atoms with Crippen LogP contribution in [-0.2, 0) is 13.6 Å². The maximum absolute atomic E-state index is 11.6. The van der Waals surface area contributed by atoms with Gasteiger partial charge in [0.05, 0.1) is 17.3 Å². The number of halogens is 1. The molecule has 1 heterocycles. The fraction of sp³-hybridized carbons (Fsp3) is 0.182. The van der Waals surface area contributed by atoms with Gasteiger partial charge in [0.15, 0.2) is 0 Å². The van der Waals surface area contributed by atoms with Crippen LogP contribution in [0, 0.1) is 0 Å². The van der Waals surface area contributed by atoms with E-state index in [0.717, 1.165) is 5.56 Å². The van der Waals surface area contributed by atoms with Gasteiger partial charge in [-0.1, -0.05) is 17.7 Å². The molecule has 0 aliphatic carbocycles. The van der Waals surface area contributed by atoms with E-state index in [1.54, 1.807) is 36.1 Å². The summed E-state index contributed by atoms with van der Waals surface area (Å²) in [5.74, 6) is 0. The van der Waals surface area contributed by atoms with Crippen molar-refractivity contribution < 1.29 is 0 Å². The zero-order chi connectivity index (χ0) is 11.7. The number of rotatable bonds is 2. The summed E-state index contributed by atoms with van der Waals surface area (Å²) in [7, 11) is 1.72. The number of aryl methyl sites for hydroxylation is 1. The quantitative estimate of drug-likeness (QED) is 0.805. The maximum atomic E-state index is 11.6. The van der Waals surface area contributed by atoms with E-state index in [1.165, 1.54) is 4.57 Å². The molecule has 5 heteroatoms. The van der Waals surface area contributed by atoms with Crippen LogP contribution in [0.1, 0.15) is 5.56 Å². The van der Waals surface area contributed by atoms with E-state index in [2.05, 4.69) is 0 Å². The van der Waals surface area contributed by atoms with Crippen molar-refractivity contribution in [3.05, 3.63) is 51.7 Å². The Hall–Kier alpha value is -1.68. The number of benzene rings is 1. The standard InChI is InChI=1S/C11H12ClN3O/c1-14-4-5-15(11(14)16)7-8-2-3-9(12)10(13)6-8/h2-6H,7,13H2,1H3. The van der Waals surface area contributed by atoms with Crippen molar-refractivity contribution >= 4 is 17.3 Å². The molecule has 0 bridgehead atoms. The topological polar surface area (TPSA) is 52.9 Å². The Balaban J connectivity index is 2.31. The second-order valence-corrected chi connectivity index (χ2v) is 4.08. The number of nitrogen functional groups attached to an aromatic ring is 1. The Kier molecular flexibility index (Phi) is 2.75. The molecule has 0 unspecified atom stereocenters. The van der Waals surface area contributed by atoms with Crippen LogP contribution in [0.2, 0.25) is 5.02 Å². The van der Waals surface area contributed by atoms with E-state index in [-0.39, 0.29) is 5.69 Å². The summed E-state index contributed by atoms with van der Waals surface area (Å²) in [6.45, 7) is 0.501. The SMILES string of the molecule is Cn1ccn(Cc2ccc(Cl)c(N)c2)c1=O. The third-order valence-electron chi connectivity index (χ3n) is 2.43. The summed E-state index contributed by atoms with van der Waals surface area (Å²) in [6.07, 6.45) is 3.47. The van der Waals surface area contributed by atoms with Crippen LogP contribution in [0.25, 0.3) is 0 Å². The van der Waals surface area contributed by atoms with E-state index in [9.17, 15) is 4.79 Å². The molecule has 2 rings (SSSR count). The van der Waals surface area contributed by atoms with Gasteiger partial charge in [0.25, 0.3) is 0 Å². The van der Waals surface area contributed by atoms with Gasteiger partial charge < -0.3 is 10.3 Å². The Labute approximate surface area is 97.9 Å². The zero-order valence-corrected chi connectivity index (χ0v) is 9.61. The maximum Gasteiger partial charge on any atom is 0.328 e. The number of nitrogens with two attached hydrogens (primary N) is 1. The first-order chi connectivity index (χ1) is 7.58. The average molecular weight is 238 g/mol. The minimum Gasteiger partial charge on any atom is -0.398 e. The van der Waals surface area contributed by atoms with Crippen LogP contribution in [0.3, 0.4) is 0 Å². The molecule has 2 N–H and O–H groups in total. The van der Waals surface area contributed by atoms with E-state index in [0.29, 0.717) is 17.3 Å². The molecule has 0 radical (unpaired) electrons. The molecule has 1 aromatic carbocycles. The average Bonchev–Trinajstić information content (AvgIpc) is 2.55. The molecule has 0 fully saturated rings. The van der Waals surface area contributed by atoms with Gasteiger partial charge in [0.1, 0.15) is 0 Å². The van der Waals surface area contributed by atoms with E-state index in [1.807, 2.05) is 6.07 Å². The van der Waals surface area contributed by atoms with Gasteiger partial charge in [0.2, 0.25) is 0 Å². The number of nitrogens with zero attached hydrogens (tertiary/aromatic N) is 2. The molecular weight excluding hydrogens is 226 g/mol. The lowest BCUT2D eigenvalue weighted by Gasteiger charge is -2.04. The minimum atomic E-state index is -0.0477. The highest BCUT2D eigenvalue weighted by Gasteiger charge is 2.02. The number of hydrogen-bond donors (Lipinski definition) is 1. The Bertz CT molecular complexity index is 571. The van der Waals surface area contributed by atoms with Crippen LogP contribution in [0.15, 0.2) is 35.4 Å². The molecule has 0 atom stereocenters. The normalized spacial score (nSPS) is 10.6. The van der Waals surface area contributed by atoms with Crippen molar-refractivity contribution in [2.24, 2.45) is 7.05 Å². The monoisotopic (exact) mass is 237 g/mol. The van der Waals surface area contributed by atoms with Gasteiger partial charge >= 0.3 is 5.69 Å². The van der Waals surface area contributed by atoms with Crippen molar-refractivity contribution in [3.8, 4) is 0 Å². The molecule has 4 nitrogen and oxygen atoms in total. The van der Waals surface area contributed by atoms with Crippen LogP contribution in [0.4, 0.5) is 5.69 Å². The Morgan fingerprint density at radius 2 is 2.12 bits per heavy atom. The molecule has 2 aromatic rings. The number of hydrogen-bond acceptors (Lipinski definition) is 2. The lowest BCUT2D eigenvalue weighted by atomic mass is 10.2. The molecule has 0 aliphatic heterocycles. The predicted molar refractivity (Wildman–Crippen MR) is 64.6 cm³/mol. The molecule has 0 amide bonds. The van der Waals surface area contributed by atoms with Crippen molar-refractivity contribution in [2.75, 3.05) is 5.73 Å². The number of anilines is 1. The zero-order valence-electron chi connectivity index (χ0n) is 8.85. The summed E-state index contributed by atoms with van der Waals surface area (Å²) >= 11 is 5.82.